The molecule has 0 saturated carbocycles. The van der Waals surface area contributed by atoms with Crippen LogP contribution in [-0.2, 0) is 4.79 Å². The molecule has 2 N–H and O–H groups in total. The Morgan fingerprint density at radius 3 is 2.84 bits per heavy atom. The van der Waals surface area contributed by atoms with E-state index >= 15 is 0 Å². The Kier molecular flexibility index (Phi) is 6.39. The molecule has 4 nitrogen and oxygen atoms in total. The highest BCUT2D eigenvalue weighted by atomic mass is 16.5. The molecular formula is C15H20N2O2. The maximum atomic E-state index is 11.7. The molecule has 0 atom stereocenters. The molecule has 1 amide bonds. The fourth-order valence-electron chi connectivity index (χ4n) is 1.38. The van der Waals surface area contributed by atoms with Gasteiger partial charge in [0.1, 0.15) is 12.4 Å². The summed E-state index contributed by atoms with van der Waals surface area (Å²) in [4.78, 5) is 11.7. The van der Waals surface area contributed by atoms with E-state index in [1.165, 1.54) is 0 Å². The molecule has 1 aromatic rings. The highest BCUT2D eigenvalue weighted by Gasteiger charge is 2.06. The molecule has 0 saturated heterocycles. The Labute approximate surface area is 114 Å². The zero-order chi connectivity index (χ0) is 14.1. The van der Waals surface area contributed by atoms with Gasteiger partial charge in [-0.15, -0.1) is 6.58 Å². The normalized spacial score (nSPS) is 9.74. The van der Waals surface area contributed by atoms with Gasteiger partial charge in [-0.05, 0) is 24.6 Å². The van der Waals surface area contributed by atoms with Gasteiger partial charge in [0.15, 0.2) is 0 Å². The number of carbonyl (C=O) groups excluding carboxylic acids is 1. The summed E-state index contributed by atoms with van der Waals surface area (Å²) in [7, 11) is 0. The Morgan fingerprint density at radius 1 is 1.42 bits per heavy atom. The monoisotopic (exact) mass is 260 g/mol. The number of hydrogen-bond acceptors (Lipinski definition) is 3. The van der Waals surface area contributed by atoms with Gasteiger partial charge in [0.05, 0.1) is 12.2 Å². The Hall–Kier alpha value is -2.07. The van der Waals surface area contributed by atoms with Gasteiger partial charge in [-0.3, -0.25) is 4.79 Å². The lowest BCUT2D eigenvalue weighted by Gasteiger charge is -2.12. The van der Waals surface area contributed by atoms with E-state index in [1.54, 1.807) is 12.1 Å². The first-order valence-corrected chi connectivity index (χ1v) is 6.11. The summed E-state index contributed by atoms with van der Waals surface area (Å²) >= 11 is 0. The fourth-order valence-corrected chi connectivity index (χ4v) is 1.38. The van der Waals surface area contributed by atoms with E-state index in [9.17, 15) is 4.79 Å². The third kappa shape index (κ3) is 5.88. The third-order valence-corrected chi connectivity index (χ3v) is 2.21. The van der Waals surface area contributed by atoms with Crippen LogP contribution in [-0.4, -0.2) is 25.6 Å². The number of para-hydroxylation sites is 2. The highest BCUT2D eigenvalue weighted by Crippen LogP contribution is 2.23. The van der Waals surface area contributed by atoms with E-state index in [0.29, 0.717) is 24.6 Å². The minimum Gasteiger partial charge on any atom is -0.487 e. The molecule has 0 aliphatic rings. The Morgan fingerprint density at radius 2 is 2.16 bits per heavy atom. The van der Waals surface area contributed by atoms with Crippen molar-refractivity contribution in [1.29, 1.82) is 0 Å². The zero-order valence-electron chi connectivity index (χ0n) is 11.2. The van der Waals surface area contributed by atoms with Crippen molar-refractivity contribution in [3.8, 4) is 5.75 Å². The third-order valence-electron chi connectivity index (χ3n) is 2.21. The highest BCUT2D eigenvalue weighted by molar-refractivity contribution is 5.93. The van der Waals surface area contributed by atoms with E-state index < -0.39 is 0 Å². The Bertz CT molecular complexity index is 455. The van der Waals surface area contributed by atoms with Crippen LogP contribution in [0.1, 0.15) is 6.92 Å². The number of ether oxygens (including phenoxy) is 1. The lowest BCUT2D eigenvalue weighted by Crippen LogP contribution is -2.28. The second-order valence-corrected chi connectivity index (χ2v) is 4.21. The summed E-state index contributed by atoms with van der Waals surface area (Å²) in [6.45, 7) is 10.5. The smallest absolute Gasteiger partial charge is 0.238 e. The summed E-state index contributed by atoms with van der Waals surface area (Å²) < 4.78 is 5.57. The molecule has 0 unspecified atom stereocenters. The number of carbonyl (C=O) groups is 1. The molecule has 1 aromatic carbocycles. The summed E-state index contributed by atoms with van der Waals surface area (Å²) in [5.41, 5.74) is 1.59. The van der Waals surface area contributed by atoms with Crippen LogP contribution < -0.4 is 15.4 Å². The van der Waals surface area contributed by atoms with Crippen LogP contribution in [0.25, 0.3) is 0 Å². The molecule has 0 radical (unpaired) electrons. The lowest BCUT2D eigenvalue weighted by molar-refractivity contribution is -0.115. The molecule has 0 spiro atoms. The topological polar surface area (TPSA) is 50.4 Å². The number of nitrogens with one attached hydrogen (secondary N) is 2. The van der Waals surface area contributed by atoms with Crippen LogP contribution in [0.4, 0.5) is 5.69 Å². The number of amides is 1. The van der Waals surface area contributed by atoms with Crippen molar-refractivity contribution in [1.82, 2.24) is 5.32 Å². The molecule has 0 bridgehead atoms. The predicted octanol–water partition coefficient (Wildman–Crippen LogP) is 2.36. The van der Waals surface area contributed by atoms with Crippen molar-refractivity contribution < 1.29 is 9.53 Å². The van der Waals surface area contributed by atoms with Crippen molar-refractivity contribution in [2.24, 2.45) is 0 Å². The van der Waals surface area contributed by atoms with Gasteiger partial charge >= 0.3 is 0 Å². The molecule has 0 fully saturated rings. The second kappa shape index (κ2) is 8.11. The summed E-state index contributed by atoms with van der Waals surface area (Å²) in [6.07, 6.45) is 1.71. The maximum Gasteiger partial charge on any atom is 0.238 e. The molecule has 0 aromatic heterocycles. The number of hydrogen-bond donors (Lipinski definition) is 2. The average Bonchev–Trinajstić information content (AvgIpc) is 2.38. The lowest BCUT2D eigenvalue weighted by atomic mass is 10.3. The quantitative estimate of drug-likeness (QED) is 0.557. The van der Waals surface area contributed by atoms with Gasteiger partial charge in [-0.1, -0.05) is 24.8 Å². The standard InChI is InChI=1S/C15H20N2O2/c1-4-9-16-10-15(18)17-13-7-5-6-8-14(13)19-11-12(2)3/h4-8,16H,1-2,9-11H2,3H3,(H,17,18). The van der Waals surface area contributed by atoms with Crippen LogP contribution in [0.3, 0.4) is 0 Å². The Balaban J connectivity index is 2.58. The van der Waals surface area contributed by atoms with Crippen LogP contribution in [0.2, 0.25) is 0 Å². The van der Waals surface area contributed by atoms with Crippen molar-refractivity contribution in [3.05, 3.63) is 49.1 Å². The van der Waals surface area contributed by atoms with Gasteiger partial charge in [0.25, 0.3) is 0 Å². The van der Waals surface area contributed by atoms with Gasteiger partial charge in [0.2, 0.25) is 5.91 Å². The van der Waals surface area contributed by atoms with Crippen LogP contribution in [0.5, 0.6) is 5.75 Å². The molecule has 4 heteroatoms. The number of benzene rings is 1. The first-order valence-electron chi connectivity index (χ1n) is 6.11. The van der Waals surface area contributed by atoms with Gasteiger partial charge in [-0.25, -0.2) is 0 Å². The summed E-state index contributed by atoms with van der Waals surface area (Å²) in [6, 6.07) is 7.33. The fraction of sp³-hybridized carbons (Fsp3) is 0.267. The SMILES string of the molecule is C=CCNCC(=O)Nc1ccccc1OCC(=C)C. The van der Waals surface area contributed by atoms with E-state index in [2.05, 4.69) is 23.8 Å². The van der Waals surface area contributed by atoms with Gasteiger partial charge in [0, 0.05) is 6.54 Å². The zero-order valence-corrected chi connectivity index (χ0v) is 11.2. The molecule has 1 rings (SSSR count). The first kappa shape index (κ1) is 15.0. The van der Waals surface area contributed by atoms with E-state index in [1.807, 2.05) is 25.1 Å². The van der Waals surface area contributed by atoms with Crippen LogP contribution in [0, 0.1) is 0 Å². The van der Waals surface area contributed by atoms with Gasteiger partial charge in [-0.2, -0.15) is 0 Å². The largest absolute Gasteiger partial charge is 0.487 e. The first-order chi connectivity index (χ1) is 9.13. The van der Waals surface area contributed by atoms with Crippen molar-refractivity contribution in [2.75, 3.05) is 25.0 Å². The summed E-state index contributed by atoms with van der Waals surface area (Å²) in [5, 5.41) is 5.74. The van der Waals surface area contributed by atoms with Crippen LogP contribution >= 0.6 is 0 Å². The average molecular weight is 260 g/mol. The predicted molar refractivity (Wildman–Crippen MR) is 78.4 cm³/mol. The molecular weight excluding hydrogens is 240 g/mol. The van der Waals surface area contributed by atoms with E-state index in [0.717, 1.165) is 5.57 Å². The molecule has 102 valence electrons. The minimum atomic E-state index is -0.117. The van der Waals surface area contributed by atoms with Crippen molar-refractivity contribution in [3.63, 3.8) is 0 Å². The maximum absolute atomic E-state index is 11.7. The van der Waals surface area contributed by atoms with Crippen molar-refractivity contribution in [2.45, 2.75) is 6.92 Å². The molecule has 0 aliphatic carbocycles. The second-order valence-electron chi connectivity index (χ2n) is 4.21. The van der Waals surface area contributed by atoms with Gasteiger partial charge < -0.3 is 15.4 Å². The van der Waals surface area contributed by atoms with Crippen LogP contribution in [0.15, 0.2) is 49.1 Å². The van der Waals surface area contributed by atoms with E-state index in [-0.39, 0.29) is 12.5 Å². The summed E-state index contributed by atoms with van der Waals surface area (Å²) in [5.74, 6) is 0.524. The molecule has 0 heterocycles. The minimum absolute atomic E-state index is 0.117. The molecule has 19 heavy (non-hydrogen) atoms. The van der Waals surface area contributed by atoms with E-state index in [4.69, 9.17) is 4.74 Å². The van der Waals surface area contributed by atoms with Crippen molar-refractivity contribution >= 4 is 11.6 Å². The number of anilines is 1. The number of rotatable bonds is 8. The molecule has 0 aliphatic heterocycles.